The summed E-state index contributed by atoms with van der Waals surface area (Å²) >= 11 is 6.05. The van der Waals surface area contributed by atoms with Crippen LogP contribution in [0.25, 0.3) is 0 Å². The molecule has 0 aliphatic heterocycles. The van der Waals surface area contributed by atoms with E-state index in [0.29, 0.717) is 17.3 Å². The Balaban J connectivity index is 2.10. The van der Waals surface area contributed by atoms with Gasteiger partial charge in [-0.3, -0.25) is 4.79 Å². The summed E-state index contributed by atoms with van der Waals surface area (Å²) in [5.41, 5.74) is 8.07. The first-order chi connectivity index (χ1) is 11.4. The summed E-state index contributed by atoms with van der Waals surface area (Å²) in [7, 11) is 3.36. The van der Waals surface area contributed by atoms with Gasteiger partial charge in [-0.1, -0.05) is 48.9 Å². The lowest BCUT2D eigenvalue weighted by Crippen LogP contribution is -2.36. The number of carbonyl (C=O) groups excluding carboxylic acids is 1. The summed E-state index contributed by atoms with van der Waals surface area (Å²) in [5, 5.41) is 0.612. The van der Waals surface area contributed by atoms with Crippen molar-refractivity contribution in [1.82, 2.24) is 4.90 Å². The smallest absolute Gasteiger partial charge is 0.227 e. The number of hydrogen-bond acceptors (Lipinski definition) is 3. The van der Waals surface area contributed by atoms with E-state index in [1.807, 2.05) is 43.3 Å². The molecule has 2 unspecified atom stereocenters. The average molecular weight is 347 g/mol. The van der Waals surface area contributed by atoms with E-state index in [4.69, 9.17) is 22.1 Å². The van der Waals surface area contributed by atoms with Gasteiger partial charge >= 0.3 is 0 Å². The summed E-state index contributed by atoms with van der Waals surface area (Å²) < 4.78 is 5.34. The zero-order valence-electron chi connectivity index (χ0n) is 14.2. The lowest BCUT2D eigenvalue weighted by atomic mass is 9.94. The predicted octanol–water partition coefficient (Wildman–Crippen LogP) is 3.64. The van der Waals surface area contributed by atoms with Crippen LogP contribution in [0.15, 0.2) is 48.5 Å². The SMILES string of the molecule is COc1ccc(Cl)cc1CN(C)C(=O)C(C)C(N)c1ccccc1. The molecule has 1 amide bonds. The Morgan fingerprint density at radius 1 is 1.25 bits per heavy atom. The molecule has 0 aliphatic rings. The highest BCUT2D eigenvalue weighted by Crippen LogP contribution is 2.26. The maximum absolute atomic E-state index is 12.7. The highest BCUT2D eigenvalue weighted by atomic mass is 35.5. The maximum Gasteiger partial charge on any atom is 0.227 e. The van der Waals surface area contributed by atoms with Crippen LogP contribution >= 0.6 is 11.6 Å². The Hall–Kier alpha value is -2.04. The van der Waals surface area contributed by atoms with Crippen molar-refractivity contribution >= 4 is 17.5 Å². The van der Waals surface area contributed by atoms with Crippen LogP contribution in [0.5, 0.6) is 5.75 Å². The molecule has 24 heavy (non-hydrogen) atoms. The zero-order valence-corrected chi connectivity index (χ0v) is 15.0. The fraction of sp³-hybridized carbons (Fsp3) is 0.316. The van der Waals surface area contributed by atoms with Gasteiger partial charge in [0.25, 0.3) is 0 Å². The number of carbonyl (C=O) groups is 1. The highest BCUT2D eigenvalue weighted by Gasteiger charge is 2.25. The summed E-state index contributed by atoms with van der Waals surface area (Å²) in [6.07, 6.45) is 0. The molecular weight excluding hydrogens is 324 g/mol. The number of amides is 1. The highest BCUT2D eigenvalue weighted by molar-refractivity contribution is 6.30. The van der Waals surface area contributed by atoms with Gasteiger partial charge in [-0.15, -0.1) is 0 Å². The molecule has 2 aromatic rings. The number of nitrogens with zero attached hydrogens (tertiary/aromatic N) is 1. The predicted molar refractivity (Wildman–Crippen MR) is 97.0 cm³/mol. The van der Waals surface area contributed by atoms with Crippen molar-refractivity contribution in [3.05, 3.63) is 64.7 Å². The molecule has 0 aromatic heterocycles. The van der Waals surface area contributed by atoms with E-state index in [9.17, 15) is 4.79 Å². The van der Waals surface area contributed by atoms with Crippen molar-refractivity contribution in [2.75, 3.05) is 14.2 Å². The molecule has 0 spiro atoms. The molecule has 2 aromatic carbocycles. The van der Waals surface area contributed by atoms with E-state index in [1.165, 1.54) is 0 Å². The number of rotatable bonds is 6. The lowest BCUT2D eigenvalue weighted by molar-refractivity contribution is -0.134. The van der Waals surface area contributed by atoms with E-state index in [1.54, 1.807) is 31.2 Å². The van der Waals surface area contributed by atoms with Crippen molar-refractivity contribution in [3.63, 3.8) is 0 Å². The molecule has 2 N–H and O–H groups in total. The number of ether oxygens (including phenoxy) is 1. The largest absolute Gasteiger partial charge is 0.496 e. The number of nitrogens with two attached hydrogens (primary N) is 1. The van der Waals surface area contributed by atoms with Crippen molar-refractivity contribution in [3.8, 4) is 5.75 Å². The van der Waals surface area contributed by atoms with Gasteiger partial charge in [0.1, 0.15) is 5.75 Å². The van der Waals surface area contributed by atoms with Gasteiger partial charge in [0.15, 0.2) is 0 Å². The number of hydrogen-bond donors (Lipinski definition) is 1. The second-order valence-corrected chi connectivity index (χ2v) is 6.31. The normalized spacial score (nSPS) is 13.2. The summed E-state index contributed by atoms with van der Waals surface area (Å²) in [6, 6.07) is 14.7. The molecule has 2 rings (SSSR count). The fourth-order valence-corrected chi connectivity index (χ4v) is 2.86. The van der Waals surface area contributed by atoms with E-state index < -0.39 is 0 Å². The zero-order chi connectivity index (χ0) is 17.7. The van der Waals surface area contributed by atoms with Crippen molar-refractivity contribution < 1.29 is 9.53 Å². The Bertz CT molecular complexity index is 691. The van der Waals surface area contributed by atoms with Gasteiger partial charge in [-0.05, 0) is 23.8 Å². The topological polar surface area (TPSA) is 55.6 Å². The van der Waals surface area contributed by atoms with E-state index >= 15 is 0 Å². The molecule has 2 atom stereocenters. The first-order valence-electron chi connectivity index (χ1n) is 7.82. The second-order valence-electron chi connectivity index (χ2n) is 5.88. The van der Waals surface area contributed by atoms with Gasteiger partial charge in [0.05, 0.1) is 13.0 Å². The van der Waals surface area contributed by atoms with Crippen molar-refractivity contribution in [2.45, 2.75) is 19.5 Å². The van der Waals surface area contributed by atoms with Crippen LogP contribution in [0, 0.1) is 5.92 Å². The van der Waals surface area contributed by atoms with Crippen LogP contribution in [0.4, 0.5) is 0 Å². The summed E-state index contributed by atoms with van der Waals surface area (Å²) in [5.74, 6) is 0.357. The van der Waals surface area contributed by atoms with Gasteiger partial charge in [0.2, 0.25) is 5.91 Å². The van der Waals surface area contributed by atoms with Gasteiger partial charge in [-0.2, -0.15) is 0 Å². The number of benzene rings is 2. The second kappa shape index (κ2) is 8.18. The Morgan fingerprint density at radius 3 is 2.54 bits per heavy atom. The molecule has 0 aliphatic carbocycles. The van der Waals surface area contributed by atoms with E-state index in [-0.39, 0.29) is 17.9 Å². The number of methoxy groups -OCH3 is 1. The standard InChI is InChI=1S/C19H23ClN2O2/c1-13(18(21)14-7-5-4-6-8-14)19(23)22(2)12-15-11-16(20)9-10-17(15)24-3/h4-11,13,18H,12,21H2,1-3H3. The molecule has 0 fully saturated rings. The fourth-order valence-electron chi connectivity index (χ4n) is 2.67. The molecule has 0 bridgehead atoms. The van der Waals surface area contributed by atoms with Crippen LogP contribution in [-0.4, -0.2) is 25.0 Å². The third-order valence-corrected chi connectivity index (χ3v) is 4.37. The molecule has 128 valence electrons. The first-order valence-corrected chi connectivity index (χ1v) is 8.19. The molecular formula is C19H23ClN2O2. The first kappa shape index (κ1) is 18.3. The maximum atomic E-state index is 12.7. The van der Waals surface area contributed by atoms with Crippen LogP contribution in [0.3, 0.4) is 0 Å². The molecule has 0 radical (unpaired) electrons. The van der Waals surface area contributed by atoms with Gasteiger partial charge < -0.3 is 15.4 Å². The van der Waals surface area contributed by atoms with Crippen molar-refractivity contribution in [2.24, 2.45) is 11.7 Å². The minimum atomic E-state index is -0.345. The Morgan fingerprint density at radius 2 is 1.92 bits per heavy atom. The average Bonchev–Trinajstić information content (AvgIpc) is 2.60. The molecule has 0 heterocycles. The molecule has 4 nitrogen and oxygen atoms in total. The lowest BCUT2D eigenvalue weighted by Gasteiger charge is -2.26. The monoisotopic (exact) mass is 346 g/mol. The summed E-state index contributed by atoms with van der Waals surface area (Å²) in [4.78, 5) is 14.4. The van der Waals surface area contributed by atoms with Crippen molar-refractivity contribution in [1.29, 1.82) is 0 Å². The van der Waals surface area contributed by atoms with E-state index in [2.05, 4.69) is 0 Å². The van der Waals surface area contributed by atoms with Crippen LogP contribution in [0.2, 0.25) is 5.02 Å². The quantitative estimate of drug-likeness (QED) is 0.868. The summed E-state index contributed by atoms with van der Waals surface area (Å²) in [6.45, 7) is 2.26. The number of halogens is 1. The molecule has 5 heteroatoms. The third-order valence-electron chi connectivity index (χ3n) is 4.14. The van der Waals surface area contributed by atoms with Crippen LogP contribution in [-0.2, 0) is 11.3 Å². The van der Waals surface area contributed by atoms with E-state index in [0.717, 1.165) is 11.1 Å². The Labute approximate surface area is 148 Å². The minimum absolute atomic E-state index is 0.0200. The minimum Gasteiger partial charge on any atom is -0.496 e. The Kier molecular flexibility index (Phi) is 6.23. The third kappa shape index (κ3) is 4.28. The van der Waals surface area contributed by atoms with Crippen LogP contribution in [0.1, 0.15) is 24.1 Å². The molecule has 0 saturated heterocycles. The van der Waals surface area contributed by atoms with Crippen LogP contribution < -0.4 is 10.5 Å². The van der Waals surface area contributed by atoms with Gasteiger partial charge in [0, 0.05) is 30.2 Å². The van der Waals surface area contributed by atoms with Gasteiger partial charge in [-0.25, -0.2) is 0 Å². The molecule has 0 saturated carbocycles.